The van der Waals surface area contributed by atoms with E-state index in [1.165, 1.54) is 13.2 Å². The van der Waals surface area contributed by atoms with Crippen molar-refractivity contribution in [2.75, 3.05) is 12.4 Å². The molecule has 0 radical (unpaired) electrons. The van der Waals surface area contributed by atoms with E-state index < -0.39 is 5.97 Å². The van der Waals surface area contributed by atoms with Gasteiger partial charge in [0.1, 0.15) is 0 Å². The molecule has 2 aromatic carbocycles. The number of benzene rings is 2. The third-order valence-electron chi connectivity index (χ3n) is 5.24. The molecule has 3 atom stereocenters. The van der Waals surface area contributed by atoms with Crippen LogP contribution in [0, 0.1) is 16.0 Å². The molecule has 1 aliphatic carbocycles. The van der Waals surface area contributed by atoms with Gasteiger partial charge in [-0.1, -0.05) is 36.4 Å². The van der Waals surface area contributed by atoms with Crippen molar-refractivity contribution in [1.29, 1.82) is 0 Å². The molecule has 0 amide bonds. The number of non-ortho nitro benzene ring substituents is 1. The number of nitro groups is 1. The zero-order chi connectivity index (χ0) is 18.3. The van der Waals surface area contributed by atoms with Crippen molar-refractivity contribution in [2.45, 2.75) is 18.4 Å². The number of nitrogens with zero attached hydrogens (tertiary/aromatic N) is 1. The van der Waals surface area contributed by atoms with E-state index in [1.807, 2.05) is 18.2 Å². The molecule has 0 aromatic heterocycles. The van der Waals surface area contributed by atoms with Crippen LogP contribution < -0.4 is 5.32 Å². The molecule has 0 bridgehead atoms. The van der Waals surface area contributed by atoms with E-state index in [4.69, 9.17) is 4.74 Å². The SMILES string of the molecule is COC(=O)c1cccc2c1NC(c1cccc([N+](=O)[O-])c1)C1CC=CC21. The molecule has 0 fully saturated rings. The highest BCUT2D eigenvalue weighted by molar-refractivity contribution is 5.97. The maximum atomic E-state index is 12.2. The first kappa shape index (κ1) is 16.3. The number of carbonyl (C=O) groups is 1. The van der Waals surface area contributed by atoms with Gasteiger partial charge in [0.25, 0.3) is 5.69 Å². The van der Waals surface area contributed by atoms with Gasteiger partial charge >= 0.3 is 5.97 Å². The highest BCUT2D eigenvalue weighted by Crippen LogP contribution is 2.50. The lowest BCUT2D eigenvalue weighted by molar-refractivity contribution is -0.384. The van der Waals surface area contributed by atoms with Gasteiger partial charge in [-0.2, -0.15) is 0 Å². The average molecular weight is 350 g/mol. The number of nitro benzene ring substituents is 1. The number of hydrogen-bond acceptors (Lipinski definition) is 5. The number of esters is 1. The monoisotopic (exact) mass is 350 g/mol. The Morgan fingerprint density at radius 2 is 2.08 bits per heavy atom. The summed E-state index contributed by atoms with van der Waals surface area (Å²) in [5, 5.41) is 14.6. The largest absolute Gasteiger partial charge is 0.465 e. The van der Waals surface area contributed by atoms with Crippen LogP contribution in [-0.2, 0) is 4.74 Å². The predicted molar refractivity (Wildman–Crippen MR) is 97.2 cm³/mol. The maximum absolute atomic E-state index is 12.2. The first-order valence-electron chi connectivity index (χ1n) is 8.49. The third kappa shape index (κ3) is 2.54. The number of hydrogen-bond donors (Lipinski definition) is 1. The minimum Gasteiger partial charge on any atom is -0.465 e. The van der Waals surface area contributed by atoms with Crippen LogP contribution in [0.15, 0.2) is 54.6 Å². The summed E-state index contributed by atoms with van der Waals surface area (Å²) in [5.41, 5.74) is 3.22. The number of para-hydroxylation sites is 1. The quantitative estimate of drug-likeness (QED) is 0.388. The van der Waals surface area contributed by atoms with Gasteiger partial charge in [0.15, 0.2) is 0 Å². The van der Waals surface area contributed by atoms with Crippen LogP contribution in [0.25, 0.3) is 0 Å². The average Bonchev–Trinajstić information content (AvgIpc) is 3.16. The summed E-state index contributed by atoms with van der Waals surface area (Å²) in [5.74, 6) is 0.0186. The fourth-order valence-corrected chi connectivity index (χ4v) is 4.06. The van der Waals surface area contributed by atoms with E-state index in [1.54, 1.807) is 18.2 Å². The molecule has 2 aromatic rings. The molecule has 3 unspecified atom stereocenters. The Morgan fingerprint density at radius 1 is 1.27 bits per heavy atom. The van der Waals surface area contributed by atoms with E-state index in [0.29, 0.717) is 5.56 Å². The number of rotatable bonds is 3. The normalized spacial score (nSPS) is 22.9. The molecular weight excluding hydrogens is 332 g/mol. The fourth-order valence-electron chi connectivity index (χ4n) is 4.06. The standard InChI is InChI=1S/C20H18N2O4/c1-26-20(23)17-10-4-9-16-14-7-3-8-15(14)18(21-19(16)17)12-5-2-6-13(11-12)22(24)25/h2-7,9-11,14-15,18,21H,8H2,1H3. The summed E-state index contributed by atoms with van der Waals surface area (Å²) in [7, 11) is 1.36. The highest BCUT2D eigenvalue weighted by Gasteiger charge is 2.39. The van der Waals surface area contributed by atoms with E-state index in [-0.39, 0.29) is 28.5 Å². The molecule has 6 heteroatoms. The van der Waals surface area contributed by atoms with Gasteiger partial charge in [-0.05, 0) is 29.5 Å². The number of allylic oxidation sites excluding steroid dienone is 2. The van der Waals surface area contributed by atoms with Gasteiger partial charge in [0, 0.05) is 18.1 Å². The molecule has 6 nitrogen and oxygen atoms in total. The first-order chi connectivity index (χ1) is 12.6. The van der Waals surface area contributed by atoms with Crippen LogP contribution in [0.2, 0.25) is 0 Å². The molecule has 1 N–H and O–H groups in total. The Balaban J connectivity index is 1.82. The van der Waals surface area contributed by atoms with E-state index in [9.17, 15) is 14.9 Å². The number of nitrogens with one attached hydrogen (secondary N) is 1. The van der Waals surface area contributed by atoms with Crippen molar-refractivity contribution in [3.63, 3.8) is 0 Å². The lowest BCUT2D eigenvalue weighted by atomic mass is 9.76. The van der Waals surface area contributed by atoms with Gasteiger partial charge in [-0.3, -0.25) is 10.1 Å². The van der Waals surface area contributed by atoms with Crippen molar-refractivity contribution in [2.24, 2.45) is 5.92 Å². The topological polar surface area (TPSA) is 81.5 Å². The smallest absolute Gasteiger partial charge is 0.339 e. The summed E-state index contributed by atoms with van der Waals surface area (Å²) in [4.78, 5) is 23.0. The fraction of sp³-hybridized carbons (Fsp3) is 0.250. The molecule has 0 saturated heterocycles. The van der Waals surface area contributed by atoms with E-state index in [0.717, 1.165) is 23.2 Å². The minimum absolute atomic E-state index is 0.0684. The van der Waals surface area contributed by atoms with Gasteiger partial charge in [-0.15, -0.1) is 0 Å². The number of fused-ring (bicyclic) bond motifs is 3. The molecular formula is C20H18N2O4. The summed E-state index contributed by atoms with van der Waals surface area (Å²) >= 11 is 0. The minimum atomic E-state index is -0.396. The zero-order valence-corrected chi connectivity index (χ0v) is 14.2. The Hall–Kier alpha value is -3.15. The molecule has 26 heavy (non-hydrogen) atoms. The van der Waals surface area contributed by atoms with Gasteiger partial charge < -0.3 is 10.1 Å². The molecule has 1 aliphatic heterocycles. The van der Waals surface area contributed by atoms with Gasteiger partial charge in [0.2, 0.25) is 0 Å². The van der Waals surface area contributed by atoms with Gasteiger partial charge in [-0.25, -0.2) is 4.79 Å². The predicted octanol–water partition coefficient (Wildman–Crippen LogP) is 4.21. The van der Waals surface area contributed by atoms with Gasteiger partial charge in [0.05, 0.1) is 29.3 Å². The summed E-state index contributed by atoms with van der Waals surface area (Å²) in [6.07, 6.45) is 5.18. The Kier molecular flexibility index (Phi) is 3.95. The third-order valence-corrected chi connectivity index (χ3v) is 5.24. The summed E-state index contributed by atoms with van der Waals surface area (Å²) in [6.45, 7) is 0. The van der Waals surface area contributed by atoms with Crippen LogP contribution in [-0.4, -0.2) is 18.0 Å². The van der Waals surface area contributed by atoms with Crippen LogP contribution in [0.1, 0.15) is 39.9 Å². The van der Waals surface area contributed by atoms with Crippen molar-refractivity contribution in [3.05, 3.63) is 81.4 Å². The van der Waals surface area contributed by atoms with Crippen LogP contribution >= 0.6 is 0 Å². The lowest BCUT2D eigenvalue weighted by Gasteiger charge is -2.38. The van der Waals surface area contributed by atoms with Crippen molar-refractivity contribution in [3.8, 4) is 0 Å². The second-order valence-electron chi connectivity index (χ2n) is 6.59. The molecule has 4 rings (SSSR count). The maximum Gasteiger partial charge on any atom is 0.339 e. The second kappa shape index (κ2) is 6.29. The van der Waals surface area contributed by atoms with Crippen LogP contribution in [0.4, 0.5) is 11.4 Å². The Bertz CT molecular complexity index is 922. The van der Waals surface area contributed by atoms with E-state index in [2.05, 4.69) is 17.5 Å². The summed E-state index contributed by atoms with van der Waals surface area (Å²) in [6, 6.07) is 12.2. The van der Waals surface area contributed by atoms with Crippen molar-refractivity contribution < 1.29 is 14.5 Å². The molecule has 0 saturated carbocycles. The zero-order valence-electron chi connectivity index (χ0n) is 14.2. The number of ether oxygens (including phenoxy) is 1. The van der Waals surface area contributed by atoms with Crippen LogP contribution in [0.5, 0.6) is 0 Å². The molecule has 2 aliphatic rings. The molecule has 1 heterocycles. The highest BCUT2D eigenvalue weighted by atomic mass is 16.6. The second-order valence-corrected chi connectivity index (χ2v) is 6.59. The Morgan fingerprint density at radius 3 is 2.85 bits per heavy atom. The van der Waals surface area contributed by atoms with Crippen LogP contribution in [0.3, 0.4) is 0 Å². The molecule has 0 spiro atoms. The number of methoxy groups -OCH3 is 1. The van der Waals surface area contributed by atoms with Crippen molar-refractivity contribution in [1.82, 2.24) is 0 Å². The number of carbonyl (C=O) groups excluding carboxylic acids is 1. The lowest BCUT2D eigenvalue weighted by Crippen LogP contribution is -2.30. The summed E-state index contributed by atoms with van der Waals surface area (Å²) < 4.78 is 4.92. The van der Waals surface area contributed by atoms with E-state index >= 15 is 0 Å². The molecule has 132 valence electrons. The first-order valence-corrected chi connectivity index (χ1v) is 8.49. The Labute approximate surface area is 150 Å². The number of anilines is 1. The van der Waals surface area contributed by atoms with Crippen molar-refractivity contribution >= 4 is 17.3 Å².